The van der Waals surface area contributed by atoms with Gasteiger partial charge in [0.25, 0.3) is 0 Å². The largest absolute Gasteiger partial charge is 0.612 e. The second-order valence-corrected chi connectivity index (χ2v) is 2.03. The summed E-state index contributed by atoms with van der Waals surface area (Å²) in [5, 5.41) is 0.972. The highest BCUT2D eigenvalue weighted by Crippen LogP contribution is 1.83. The highest BCUT2D eigenvalue weighted by Gasteiger charge is 1.80. The standard InChI is InChI=1S/C3H5FOS/c1-6(5)3-2-4/h2-3H,1H3. The van der Waals surface area contributed by atoms with Crippen molar-refractivity contribution in [3.05, 3.63) is 11.7 Å². The van der Waals surface area contributed by atoms with Gasteiger partial charge in [0.05, 0.1) is 6.26 Å². The van der Waals surface area contributed by atoms with Crippen LogP contribution in [-0.2, 0) is 11.2 Å². The third-order valence-electron chi connectivity index (χ3n) is 0.243. The van der Waals surface area contributed by atoms with Gasteiger partial charge in [-0.25, -0.2) is 4.39 Å². The molecule has 0 aromatic rings. The minimum atomic E-state index is -1.12. The van der Waals surface area contributed by atoms with Crippen molar-refractivity contribution in [1.82, 2.24) is 0 Å². The molecule has 0 saturated heterocycles. The van der Waals surface area contributed by atoms with E-state index in [1.54, 1.807) is 0 Å². The Hall–Kier alpha value is -0.0200. The third-order valence-corrected chi connectivity index (χ3v) is 0.729. The summed E-state index contributed by atoms with van der Waals surface area (Å²) >= 11 is -1.12. The molecule has 1 atom stereocenters. The fourth-order valence-corrected chi connectivity index (χ4v) is 0.217. The van der Waals surface area contributed by atoms with Crippen LogP contribution in [0.15, 0.2) is 11.7 Å². The Morgan fingerprint density at radius 1 is 1.83 bits per heavy atom. The van der Waals surface area contributed by atoms with Gasteiger partial charge in [-0.1, -0.05) is 0 Å². The topological polar surface area (TPSA) is 23.1 Å². The molecule has 1 unspecified atom stereocenters. The second kappa shape index (κ2) is 3.18. The normalized spacial score (nSPS) is 15.8. The van der Waals surface area contributed by atoms with Gasteiger partial charge in [-0.2, -0.15) is 0 Å². The SMILES string of the molecule is C[S+]([O-])C=CF. The van der Waals surface area contributed by atoms with Crippen LogP contribution < -0.4 is 0 Å². The van der Waals surface area contributed by atoms with E-state index in [0.29, 0.717) is 0 Å². The van der Waals surface area contributed by atoms with Crippen LogP contribution in [0.3, 0.4) is 0 Å². The van der Waals surface area contributed by atoms with E-state index in [4.69, 9.17) is 0 Å². The van der Waals surface area contributed by atoms with E-state index >= 15 is 0 Å². The summed E-state index contributed by atoms with van der Waals surface area (Å²) in [6.07, 6.45) is 1.67. The number of hydrogen-bond donors (Lipinski definition) is 0. The summed E-state index contributed by atoms with van der Waals surface area (Å²) in [4.78, 5) is 0. The zero-order chi connectivity index (χ0) is 4.99. The highest BCUT2D eigenvalue weighted by molar-refractivity contribution is 7.93. The van der Waals surface area contributed by atoms with Gasteiger partial charge < -0.3 is 4.55 Å². The number of halogens is 1. The summed E-state index contributed by atoms with van der Waals surface area (Å²) in [5.41, 5.74) is 0. The fourth-order valence-electron chi connectivity index (χ4n) is 0.0724. The predicted octanol–water partition coefficient (Wildman–Crippen LogP) is 0.806. The Balaban J connectivity index is 3.03. The molecule has 1 nitrogen and oxygen atoms in total. The summed E-state index contributed by atoms with van der Waals surface area (Å²) < 4.78 is 20.7. The molecule has 0 aromatic carbocycles. The minimum absolute atomic E-state index is 0.274. The molecule has 0 heterocycles. The highest BCUT2D eigenvalue weighted by atomic mass is 32.2. The molecule has 0 aliphatic rings. The van der Waals surface area contributed by atoms with Crippen molar-refractivity contribution >= 4 is 11.2 Å². The molecular formula is C3H5FOS. The Morgan fingerprint density at radius 2 is 2.33 bits per heavy atom. The average molecular weight is 108 g/mol. The van der Waals surface area contributed by atoms with E-state index in [1.807, 2.05) is 0 Å². The quantitative estimate of drug-likeness (QED) is 0.456. The Kier molecular flexibility index (Phi) is 3.17. The lowest BCUT2D eigenvalue weighted by Crippen LogP contribution is -1.85. The Morgan fingerprint density at radius 3 is 2.33 bits per heavy atom. The van der Waals surface area contributed by atoms with Gasteiger partial charge in [-0.05, 0) is 11.2 Å². The first-order valence-corrected chi connectivity index (χ1v) is 2.98. The molecular weight excluding hydrogens is 103 g/mol. The molecule has 0 saturated carbocycles. The van der Waals surface area contributed by atoms with Crippen molar-refractivity contribution in [3.8, 4) is 0 Å². The van der Waals surface area contributed by atoms with E-state index in [-0.39, 0.29) is 6.33 Å². The molecule has 0 bridgehead atoms. The molecule has 0 radical (unpaired) electrons. The Labute approximate surface area is 39.0 Å². The maximum Gasteiger partial charge on any atom is 0.144 e. The molecule has 6 heavy (non-hydrogen) atoms. The molecule has 0 rings (SSSR count). The van der Waals surface area contributed by atoms with E-state index < -0.39 is 11.2 Å². The van der Waals surface area contributed by atoms with Crippen LogP contribution in [0.1, 0.15) is 0 Å². The van der Waals surface area contributed by atoms with Crippen molar-refractivity contribution in [2.75, 3.05) is 6.26 Å². The van der Waals surface area contributed by atoms with Gasteiger partial charge in [0.15, 0.2) is 0 Å². The summed E-state index contributed by atoms with van der Waals surface area (Å²) in [7, 11) is 0. The molecule has 0 aromatic heterocycles. The van der Waals surface area contributed by atoms with Gasteiger partial charge in [0.1, 0.15) is 11.7 Å². The first-order valence-electron chi connectivity index (χ1n) is 1.36. The van der Waals surface area contributed by atoms with Crippen molar-refractivity contribution < 1.29 is 8.94 Å². The molecule has 0 amide bonds. The van der Waals surface area contributed by atoms with Crippen LogP contribution in [0.4, 0.5) is 4.39 Å². The van der Waals surface area contributed by atoms with Gasteiger partial charge in [0.2, 0.25) is 0 Å². The first-order chi connectivity index (χ1) is 2.77. The third kappa shape index (κ3) is 3.98. The molecule has 36 valence electrons. The maximum atomic E-state index is 10.9. The summed E-state index contributed by atoms with van der Waals surface area (Å²) in [6, 6.07) is 0. The monoisotopic (exact) mass is 108 g/mol. The van der Waals surface area contributed by atoms with Crippen LogP contribution in [0.5, 0.6) is 0 Å². The van der Waals surface area contributed by atoms with E-state index in [0.717, 1.165) is 5.41 Å². The fraction of sp³-hybridized carbons (Fsp3) is 0.333. The predicted molar refractivity (Wildman–Crippen MR) is 24.3 cm³/mol. The van der Waals surface area contributed by atoms with Gasteiger partial charge in [-0.3, -0.25) is 0 Å². The number of hydrogen-bond acceptors (Lipinski definition) is 1. The zero-order valence-electron chi connectivity index (χ0n) is 3.35. The molecule has 0 N–H and O–H groups in total. The Bertz CT molecular complexity index is 52.8. The van der Waals surface area contributed by atoms with Gasteiger partial charge in [-0.15, -0.1) is 0 Å². The van der Waals surface area contributed by atoms with Crippen LogP contribution >= 0.6 is 0 Å². The van der Waals surface area contributed by atoms with Gasteiger partial charge >= 0.3 is 0 Å². The van der Waals surface area contributed by atoms with Gasteiger partial charge in [0, 0.05) is 0 Å². The summed E-state index contributed by atoms with van der Waals surface area (Å²) in [5.74, 6) is 0. The molecule has 0 fully saturated rings. The van der Waals surface area contributed by atoms with E-state index in [9.17, 15) is 8.94 Å². The van der Waals surface area contributed by atoms with Crippen LogP contribution in [-0.4, -0.2) is 10.8 Å². The van der Waals surface area contributed by atoms with Crippen molar-refractivity contribution in [1.29, 1.82) is 0 Å². The van der Waals surface area contributed by atoms with Crippen LogP contribution in [0.2, 0.25) is 0 Å². The van der Waals surface area contributed by atoms with Crippen LogP contribution in [0.25, 0.3) is 0 Å². The lowest BCUT2D eigenvalue weighted by atomic mass is 11.2. The van der Waals surface area contributed by atoms with E-state index in [1.165, 1.54) is 6.26 Å². The lowest BCUT2D eigenvalue weighted by Gasteiger charge is -1.89. The van der Waals surface area contributed by atoms with Crippen molar-refractivity contribution in [3.63, 3.8) is 0 Å². The van der Waals surface area contributed by atoms with Crippen molar-refractivity contribution in [2.45, 2.75) is 0 Å². The average Bonchev–Trinajstić information content (AvgIpc) is 1.35. The molecule has 3 heteroatoms. The molecule has 0 aliphatic heterocycles. The van der Waals surface area contributed by atoms with Crippen LogP contribution in [0, 0.1) is 0 Å². The molecule has 0 aliphatic carbocycles. The van der Waals surface area contributed by atoms with E-state index in [2.05, 4.69) is 0 Å². The number of rotatable bonds is 1. The smallest absolute Gasteiger partial charge is 0.144 e. The lowest BCUT2D eigenvalue weighted by molar-refractivity contribution is 0.607. The minimum Gasteiger partial charge on any atom is -0.612 e. The van der Waals surface area contributed by atoms with Crippen molar-refractivity contribution in [2.24, 2.45) is 0 Å². The first kappa shape index (κ1) is 5.98. The second-order valence-electron chi connectivity index (χ2n) is 0.761. The maximum absolute atomic E-state index is 10.9. The summed E-state index contributed by atoms with van der Waals surface area (Å²) in [6.45, 7) is 0. The molecule has 0 spiro atoms. The zero-order valence-corrected chi connectivity index (χ0v) is 4.17.